The van der Waals surface area contributed by atoms with Crippen LogP contribution in [-0.4, -0.2) is 57.1 Å². The molecule has 1 amide bonds. The Kier molecular flexibility index (Phi) is 7.13. The highest BCUT2D eigenvalue weighted by Crippen LogP contribution is 2.27. The van der Waals surface area contributed by atoms with Gasteiger partial charge in [0.25, 0.3) is 0 Å². The van der Waals surface area contributed by atoms with E-state index in [0.717, 1.165) is 40.8 Å². The van der Waals surface area contributed by atoms with Gasteiger partial charge in [-0.3, -0.25) is 4.79 Å². The van der Waals surface area contributed by atoms with Crippen molar-refractivity contribution in [2.45, 2.75) is 37.1 Å². The third-order valence-electron chi connectivity index (χ3n) is 6.37. The Hall–Kier alpha value is -3.04. The van der Waals surface area contributed by atoms with Gasteiger partial charge in [-0.15, -0.1) is 0 Å². The number of fused-ring (bicyclic) bond motifs is 1. The van der Waals surface area contributed by atoms with Crippen LogP contribution >= 0.6 is 0 Å². The fourth-order valence-electron chi connectivity index (χ4n) is 4.39. The standard InChI is InChI=1S/C25H31N3O5S/c1-18(25(29)26-12-10-20-16-21(32-2)6-9-24(20)33-3)28-15-11-19-17-22(7-8-23(19)28)34(30,31)27-13-4-5-14-27/h6-9,11,15-18H,4-5,10,12-14H2,1-3H3,(H,26,29)/t18-/m1/s1. The zero-order valence-electron chi connectivity index (χ0n) is 19.8. The molecule has 0 radical (unpaired) electrons. The van der Waals surface area contributed by atoms with E-state index in [1.807, 2.05) is 42.0 Å². The lowest BCUT2D eigenvalue weighted by atomic mass is 10.1. The molecule has 0 bridgehead atoms. The molecule has 3 aromatic rings. The molecule has 1 aromatic heterocycles. The third kappa shape index (κ3) is 4.76. The Morgan fingerprint density at radius 1 is 1.06 bits per heavy atom. The maximum atomic E-state index is 12.9. The molecule has 0 unspecified atom stereocenters. The molecule has 0 saturated carbocycles. The second-order valence-electron chi connectivity index (χ2n) is 8.45. The number of amides is 1. The van der Waals surface area contributed by atoms with E-state index in [2.05, 4.69) is 5.32 Å². The summed E-state index contributed by atoms with van der Waals surface area (Å²) >= 11 is 0. The predicted molar refractivity (Wildman–Crippen MR) is 131 cm³/mol. The third-order valence-corrected chi connectivity index (χ3v) is 8.27. The first-order valence-corrected chi connectivity index (χ1v) is 12.9. The van der Waals surface area contributed by atoms with Crippen LogP contribution in [0.4, 0.5) is 0 Å². The summed E-state index contributed by atoms with van der Waals surface area (Å²) < 4.78 is 39.9. The van der Waals surface area contributed by atoms with Crippen molar-refractivity contribution in [3.63, 3.8) is 0 Å². The number of carbonyl (C=O) groups is 1. The molecule has 182 valence electrons. The number of methoxy groups -OCH3 is 2. The monoisotopic (exact) mass is 485 g/mol. The summed E-state index contributed by atoms with van der Waals surface area (Å²) in [5.74, 6) is 1.37. The molecule has 1 fully saturated rings. The maximum Gasteiger partial charge on any atom is 0.243 e. The van der Waals surface area contributed by atoms with Gasteiger partial charge in [-0.25, -0.2) is 8.42 Å². The molecule has 0 aliphatic carbocycles. The van der Waals surface area contributed by atoms with E-state index in [4.69, 9.17) is 9.47 Å². The number of hydrogen-bond donors (Lipinski definition) is 1. The number of carbonyl (C=O) groups excluding carboxylic acids is 1. The van der Waals surface area contributed by atoms with Crippen molar-refractivity contribution in [1.82, 2.24) is 14.2 Å². The Morgan fingerprint density at radius 3 is 2.53 bits per heavy atom. The van der Waals surface area contributed by atoms with Crippen molar-refractivity contribution in [2.24, 2.45) is 0 Å². The summed E-state index contributed by atoms with van der Waals surface area (Å²) in [4.78, 5) is 13.2. The topological polar surface area (TPSA) is 89.9 Å². The SMILES string of the molecule is COc1ccc(OC)c(CCNC(=O)[C@@H](C)n2ccc3cc(S(=O)(=O)N4CCCC4)ccc32)c1. The lowest BCUT2D eigenvalue weighted by Crippen LogP contribution is -2.32. The lowest BCUT2D eigenvalue weighted by Gasteiger charge is -2.17. The van der Waals surface area contributed by atoms with E-state index >= 15 is 0 Å². The maximum absolute atomic E-state index is 12.9. The molecule has 2 aromatic carbocycles. The van der Waals surface area contributed by atoms with Crippen molar-refractivity contribution >= 4 is 26.8 Å². The minimum absolute atomic E-state index is 0.117. The molecule has 8 nitrogen and oxygen atoms in total. The van der Waals surface area contributed by atoms with Gasteiger partial charge in [-0.05, 0) is 74.2 Å². The second-order valence-corrected chi connectivity index (χ2v) is 10.4. The highest BCUT2D eigenvalue weighted by atomic mass is 32.2. The van der Waals surface area contributed by atoms with Crippen molar-refractivity contribution in [3.05, 3.63) is 54.2 Å². The van der Waals surface area contributed by atoms with Gasteiger partial charge >= 0.3 is 0 Å². The summed E-state index contributed by atoms with van der Waals surface area (Å²) in [6.07, 6.45) is 4.22. The highest BCUT2D eigenvalue weighted by molar-refractivity contribution is 7.89. The molecule has 4 rings (SSSR count). The number of nitrogens with one attached hydrogen (secondary N) is 1. The van der Waals surface area contributed by atoms with Crippen LogP contribution in [0.3, 0.4) is 0 Å². The number of aromatic nitrogens is 1. The van der Waals surface area contributed by atoms with Crippen LogP contribution in [0, 0.1) is 0 Å². The number of nitrogens with zero attached hydrogens (tertiary/aromatic N) is 2. The largest absolute Gasteiger partial charge is 0.497 e. The first-order valence-electron chi connectivity index (χ1n) is 11.4. The van der Waals surface area contributed by atoms with E-state index in [0.29, 0.717) is 31.0 Å². The fraction of sp³-hybridized carbons (Fsp3) is 0.400. The Morgan fingerprint density at radius 2 is 1.82 bits per heavy atom. The minimum Gasteiger partial charge on any atom is -0.497 e. The number of rotatable bonds is 9. The van der Waals surface area contributed by atoms with E-state index < -0.39 is 16.1 Å². The minimum atomic E-state index is -3.48. The van der Waals surface area contributed by atoms with Crippen LogP contribution in [0.5, 0.6) is 11.5 Å². The summed E-state index contributed by atoms with van der Waals surface area (Å²) in [5.41, 5.74) is 1.77. The van der Waals surface area contributed by atoms with Crippen molar-refractivity contribution in [1.29, 1.82) is 0 Å². The number of benzene rings is 2. The first-order chi connectivity index (χ1) is 16.3. The first kappa shape index (κ1) is 24.1. The zero-order chi connectivity index (χ0) is 24.3. The Labute approximate surface area is 200 Å². The molecule has 0 spiro atoms. The van der Waals surface area contributed by atoms with E-state index in [1.54, 1.807) is 36.7 Å². The van der Waals surface area contributed by atoms with Gasteiger partial charge in [0, 0.05) is 36.7 Å². The number of ether oxygens (including phenoxy) is 2. The summed E-state index contributed by atoms with van der Waals surface area (Å²) in [6, 6.07) is 12.1. The van der Waals surface area contributed by atoms with Crippen LogP contribution in [0.2, 0.25) is 0 Å². The zero-order valence-corrected chi connectivity index (χ0v) is 20.6. The average molecular weight is 486 g/mol. The lowest BCUT2D eigenvalue weighted by molar-refractivity contribution is -0.123. The summed E-state index contributed by atoms with van der Waals surface area (Å²) in [6.45, 7) is 3.42. The molecular weight excluding hydrogens is 454 g/mol. The molecule has 1 aliphatic heterocycles. The van der Waals surface area contributed by atoms with Gasteiger partial charge in [0.2, 0.25) is 15.9 Å². The van der Waals surface area contributed by atoms with E-state index in [-0.39, 0.29) is 5.91 Å². The van der Waals surface area contributed by atoms with Gasteiger partial charge < -0.3 is 19.4 Å². The molecule has 1 atom stereocenters. The molecule has 1 saturated heterocycles. The average Bonchev–Trinajstić information content (AvgIpc) is 3.53. The molecule has 2 heterocycles. The number of sulfonamides is 1. The fourth-order valence-corrected chi connectivity index (χ4v) is 5.94. The molecule has 1 N–H and O–H groups in total. The van der Waals surface area contributed by atoms with Crippen molar-refractivity contribution < 1.29 is 22.7 Å². The summed E-state index contributed by atoms with van der Waals surface area (Å²) in [7, 11) is -0.253. The Balaban J connectivity index is 1.44. The van der Waals surface area contributed by atoms with Crippen molar-refractivity contribution in [2.75, 3.05) is 33.9 Å². The smallest absolute Gasteiger partial charge is 0.243 e. The molecule has 9 heteroatoms. The van der Waals surface area contributed by atoms with Gasteiger partial charge in [0.05, 0.1) is 19.1 Å². The van der Waals surface area contributed by atoms with Crippen LogP contribution < -0.4 is 14.8 Å². The summed E-state index contributed by atoms with van der Waals surface area (Å²) in [5, 5.41) is 3.78. The van der Waals surface area contributed by atoms with Gasteiger partial charge in [0.15, 0.2) is 0 Å². The Bertz CT molecular complexity index is 1280. The normalized spacial score (nSPS) is 15.4. The van der Waals surface area contributed by atoms with E-state index in [1.165, 1.54) is 0 Å². The molecular formula is C25H31N3O5S. The second kappa shape index (κ2) is 10.1. The van der Waals surface area contributed by atoms with Gasteiger partial charge in [-0.1, -0.05) is 0 Å². The quantitative estimate of drug-likeness (QED) is 0.502. The molecule has 34 heavy (non-hydrogen) atoms. The molecule has 1 aliphatic rings. The van der Waals surface area contributed by atoms with Crippen LogP contribution in [-0.2, 0) is 21.2 Å². The van der Waals surface area contributed by atoms with E-state index in [9.17, 15) is 13.2 Å². The van der Waals surface area contributed by atoms with Gasteiger partial charge in [0.1, 0.15) is 17.5 Å². The van der Waals surface area contributed by atoms with Crippen LogP contribution in [0.15, 0.2) is 53.6 Å². The number of hydrogen-bond acceptors (Lipinski definition) is 5. The van der Waals surface area contributed by atoms with Crippen LogP contribution in [0.1, 0.15) is 31.4 Å². The predicted octanol–water partition coefficient (Wildman–Crippen LogP) is 3.36. The van der Waals surface area contributed by atoms with Gasteiger partial charge in [-0.2, -0.15) is 4.31 Å². The highest BCUT2D eigenvalue weighted by Gasteiger charge is 2.27. The van der Waals surface area contributed by atoms with Crippen LogP contribution in [0.25, 0.3) is 10.9 Å². The van der Waals surface area contributed by atoms with Crippen molar-refractivity contribution in [3.8, 4) is 11.5 Å².